The fraction of sp³-hybridized carbons (Fsp3) is 0.310. The van der Waals surface area contributed by atoms with E-state index in [9.17, 15) is 5.11 Å². The summed E-state index contributed by atoms with van der Waals surface area (Å²) in [6.45, 7) is 11.6. The molecule has 0 aliphatic heterocycles. The van der Waals surface area contributed by atoms with Gasteiger partial charge in [0.05, 0.1) is 6.10 Å². The molecule has 3 aromatic rings. The highest BCUT2D eigenvalue weighted by molar-refractivity contribution is 7.05. The predicted molar refractivity (Wildman–Crippen MR) is 137 cm³/mol. The maximum Gasteiger partial charge on any atom is 0.130 e. The highest BCUT2D eigenvalue weighted by atomic mass is 28.3. The van der Waals surface area contributed by atoms with Crippen molar-refractivity contribution in [2.45, 2.75) is 57.7 Å². The van der Waals surface area contributed by atoms with Crippen LogP contribution in [0.15, 0.2) is 103 Å². The smallest absolute Gasteiger partial charge is 0.130 e. The molecular formula is C29H36OSi. The fourth-order valence-corrected chi connectivity index (χ4v) is 12.1. The summed E-state index contributed by atoms with van der Waals surface area (Å²) < 4.78 is 0. The Balaban J connectivity index is 2.28. The molecule has 2 heteroatoms. The second-order valence-electron chi connectivity index (χ2n) is 9.54. The first-order valence-electron chi connectivity index (χ1n) is 11.3. The van der Waals surface area contributed by atoms with Crippen LogP contribution in [0.3, 0.4) is 0 Å². The van der Waals surface area contributed by atoms with E-state index in [0.717, 1.165) is 5.56 Å². The van der Waals surface area contributed by atoms with Gasteiger partial charge in [0.1, 0.15) is 8.07 Å². The molecule has 31 heavy (non-hydrogen) atoms. The molecule has 0 bridgehead atoms. The van der Waals surface area contributed by atoms with E-state index in [1.807, 2.05) is 30.3 Å². The average molecular weight is 429 g/mol. The van der Waals surface area contributed by atoms with Crippen LogP contribution < -0.4 is 10.4 Å². The van der Waals surface area contributed by atoms with Crippen molar-refractivity contribution >= 4 is 18.4 Å². The van der Waals surface area contributed by atoms with Gasteiger partial charge in [-0.3, -0.25) is 0 Å². The molecule has 0 fully saturated rings. The number of aliphatic hydroxyl groups is 1. The van der Waals surface area contributed by atoms with Gasteiger partial charge < -0.3 is 5.11 Å². The molecule has 0 amide bonds. The van der Waals surface area contributed by atoms with Crippen molar-refractivity contribution in [2.24, 2.45) is 0 Å². The summed E-state index contributed by atoms with van der Waals surface area (Å²) in [5, 5.41) is 14.3. The predicted octanol–water partition coefficient (Wildman–Crippen LogP) is 6.51. The van der Waals surface area contributed by atoms with Gasteiger partial charge >= 0.3 is 0 Å². The summed E-state index contributed by atoms with van der Waals surface area (Å²) in [6.07, 6.45) is 2.47. The molecule has 0 aromatic heterocycles. The molecule has 2 atom stereocenters. The Morgan fingerprint density at radius 3 is 1.61 bits per heavy atom. The number of benzene rings is 3. The normalized spacial score (nSPS) is 14.8. The number of aliphatic hydroxyl groups excluding tert-OH is 1. The van der Waals surface area contributed by atoms with Gasteiger partial charge in [-0.25, -0.2) is 0 Å². The highest BCUT2D eigenvalue weighted by Crippen LogP contribution is 2.49. The number of rotatable bonds is 7. The first-order valence-corrected chi connectivity index (χ1v) is 13.4. The van der Waals surface area contributed by atoms with E-state index in [1.54, 1.807) is 0 Å². The van der Waals surface area contributed by atoms with Gasteiger partial charge in [0.25, 0.3) is 0 Å². The van der Waals surface area contributed by atoms with Gasteiger partial charge in [-0.1, -0.05) is 134 Å². The summed E-state index contributed by atoms with van der Waals surface area (Å²) >= 11 is 0. The van der Waals surface area contributed by atoms with Crippen molar-refractivity contribution < 1.29 is 5.11 Å². The standard InChI is InChI=1S/C29H36OSi/c1-6-23(2)28(22-27(30)24-16-10-7-11-17-24)31(29(3,4)5,25-18-12-8-13-19-25)26-20-14-9-15-21-26/h6-21,27-28,30H,22H2,1-5H3/b23-6+/t27-,28+/m0/s1. The highest BCUT2D eigenvalue weighted by Gasteiger charge is 2.53. The second-order valence-corrected chi connectivity index (χ2v) is 14.5. The zero-order valence-electron chi connectivity index (χ0n) is 19.5. The monoisotopic (exact) mass is 428 g/mol. The Hall–Kier alpha value is -2.42. The van der Waals surface area contributed by atoms with Gasteiger partial charge in [-0.15, -0.1) is 0 Å². The number of hydrogen-bond donors (Lipinski definition) is 1. The van der Waals surface area contributed by atoms with Crippen molar-refractivity contribution in [3.05, 3.63) is 108 Å². The van der Waals surface area contributed by atoms with E-state index >= 15 is 0 Å². The van der Waals surface area contributed by atoms with Crippen LogP contribution in [0.5, 0.6) is 0 Å². The third kappa shape index (κ3) is 4.61. The van der Waals surface area contributed by atoms with Crippen LogP contribution in [0.25, 0.3) is 0 Å². The number of hydrogen-bond acceptors (Lipinski definition) is 1. The lowest BCUT2D eigenvalue weighted by molar-refractivity contribution is 0.167. The molecule has 3 aromatic carbocycles. The molecule has 162 valence electrons. The van der Waals surface area contributed by atoms with E-state index in [1.165, 1.54) is 15.9 Å². The van der Waals surface area contributed by atoms with Crippen LogP contribution in [0, 0.1) is 0 Å². The van der Waals surface area contributed by atoms with Crippen molar-refractivity contribution in [3.8, 4) is 0 Å². The van der Waals surface area contributed by atoms with E-state index in [2.05, 4.69) is 101 Å². The first kappa shape index (κ1) is 23.2. The van der Waals surface area contributed by atoms with E-state index < -0.39 is 14.2 Å². The third-order valence-electron chi connectivity index (χ3n) is 6.81. The van der Waals surface area contributed by atoms with E-state index in [4.69, 9.17) is 0 Å². The van der Waals surface area contributed by atoms with Crippen molar-refractivity contribution in [2.75, 3.05) is 0 Å². The van der Waals surface area contributed by atoms with Gasteiger partial charge in [-0.05, 0) is 36.4 Å². The Labute approximate surface area is 189 Å². The van der Waals surface area contributed by atoms with E-state index in [-0.39, 0.29) is 10.6 Å². The largest absolute Gasteiger partial charge is 0.388 e. The Bertz CT molecular complexity index is 932. The molecule has 0 saturated carbocycles. The number of allylic oxidation sites excluding steroid dienone is 2. The van der Waals surface area contributed by atoms with Crippen LogP contribution in [0.2, 0.25) is 10.6 Å². The molecule has 1 nitrogen and oxygen atoms in total. The second kappa shape index (κ2) is 9.80. The Morgan fingerprint density at radius 2 is 1.23 bits per heavy atom. The van der Waals surface area contributed by atoms with Crippen LogP contribution in [-0.4, -0.2) is 13.2 Å². The maximum absolute atomic E-state index is 11.4. The van der Waals surface area contributed by atoms with E-state index in [0.29, 0.717) is 6.42 Å². The van der Waals surface area contributed by atoms with Crippen molar-refractivity contribution in [1.82, 2.24) is 0 Å². The van der Waals surface area contributed by atoms with Gasteiger partial charge in [0, 0.05) is 0 Å². The molecule has 0 heterocycles. The molecule has 1 N–H and O–H groups in total. The lowest BCUT2D eigenvalue weighted by Crippen LogP contribution is -2.67. The molecule has 0 aliphatic carbocycles. The quantitative estimate of drug-likeness (QED) is 0.336. The third-order valence-corrected chi connectivity index (χ3v) is 13.4. The van der Waals surface area contributed by atoms with Gasteiger partial charge in [0.2, 0.25) is 0 Å². The molecule has 0 aliphatic rings. The topological polar surface area (TPSA) is 20.2 Å². The van der Waals surface area contributed by atoms with Gasteiger partial charge in [-0.2, -0.15) is 0 Å². The minimum Gasteiger partial charge on any atom is -0.388 e. The average Bonchev–Trinajstić information content (AvgIpc) is 2.79. The van der Waals surface area contributed by atoms with Crippen LogP contribution in [-0.2, 0) is 0 Å². The summed E-state index contributed by atoms with van der Waals surface area (Å²) in [5.41, 5.74) is 2.62. The van der Waals surface area contributed by atoms with Gasteiger partial charge in [0.15, 0.2) is 0 Å². The Kier molecular flexibility index (Phi) is 7.35. The summed E-state index contributed by atoms with van der Waals surface area (Å²) in [7, 11) is -2.39. The minimum absolute atomic E-state index is 0.0427. The van der Waals surface area contributed by atoms with Crippen molar-refractivity contribution in [3.63, 3.8) is 0 Å². The zero-order chi connectivity index (χ0) is 22.5. The summed E-state index contributed by atoms with van der Waals surface area (Å²) in [6, 6.07) is 32.3. The van der Waals surface area contributed by atoms with Crippen LogP contribution in [0.1, 0.15) is 52.7 Å². The lowest BCUT2D eigenvalue weighted by atomic mass is 10.0. The summed E-state index contributed by atoms with van der Waals surface area (Å²) in [5.74, 6) is 0. The zero-order valence-corrected chi connectivity index (χ0v) is 20.5. The SMILES string of the molecule is C/C=C(\C)[C@@H](C[C@H](O)c1ccccc1)[Si](c1ccccc1)(c1ccccc1)C(C)(C)C. The Morgan fingerprint density at radius 1 is 0.806 bits per heavy atom. The molecule has 0 saturated heterocycles. The minimum atomic E-state index is -2.39. The lowest BCUT2D eigenvalue weighted by Gasteiger charge is -2.50. The van der Waals surface area contributed by atoms with Crippen LogP contribution in [0.4, 0.5) is 0 Å². The fourth-order valence-electron chi connectivity index (χ4n) is 5.30. The molecule has 3 rings (SSSR count). The molecule has 0 unspecified atom stereocenters. The summed E-state index contributed by atoms with van der Waals surface area (Å²) in [4.78, 5) is 0. The van der Waals surface area contributed by atoms with Crippen molar-refractivity contribution in [1.29, 1.82) is 0 Å². The molecular weight excluding hydrogens is 392 g/mol. The first-order chi connectivity index (χ1) is 14.8. The maximum atomic E-state index is 11.4. The van der Waals surface area contributed by atoms with Crippen LogP contribution >= 0.6 is 0 Å². The molecule has 0 spiro atoms. The molecule has 0 radical (unpaired) electrons.